The molecule has 84 heavy (non-hydrogen) atoms. The summed E-state index contributed by atoms with van der Waals surface area (Å²) in [6.45, 7) is 5.76. The number of aliphatic hydroxyl groups excluding tert-OH is 5. The first-order valence-corrected chi connectivity index (χ1v) is 35.2. The number of esters is 1. The quantitative estimate of drug-likeness (QED) is 0.0195. The van der Waals surface area contributed by atoms with Gasteiger partial charge in [0.15, 0.2) is 12.4 Å². The Hall–Kier alpha value is -2.90. The molecule has 1 amide bonds. The van der Waals surface area contributed by atoms with Crippen LogP contribution in [0.3, 0.4) is 0 Å². The van der Waals surface area contributed by atoms with Gasteiger partial charge in [0, 0.05) is 6.42 Å². The van der Waals surface area contributed by atoms with Crippen molar-refractivity contribution in [2.24, 2.45) is 0 Å². The molecule has 1 aliphatic heterocycles. The molecule has 11 nitrogen and oxygen atoms in total. The molecule has 0 aliphatic carbocycles. The van der Waals surface area contributed by atoms with E-state index in [9.17, 15) is 35.1 Å². The van der Waals surface area contributed by atoms with E-state index in [-0.39, 0.29) is 19.4 Å². The van der Waals surface area contributed by atoms with E-state index in [1.165, 1.54) is 186 Å². The topological polar surface area (TPSA) is 175 Å². The van der Waals surface area contributed by atoms with Crippen LogP contribution in [0.15, 0.2) is 72.9 Å². The average molecular weight is 1180 g/mol. The molecule has 1 heterocycles. The number of aliphatic hydroxyl groups is 5. The number of nitrogens with one attached hydrogen (secondary N) is 1. The van der Waals surface area contributed by atoms with E-state index in [0.29, 0.717) is 12.8 Å². The zero-order valence-corrected chi connectivity index (χ0v) is 54.3. The van der Waals surface area contributed by atoms with Gasteiger partial charge in [-0.25, -0.2) is 0 Å². The Morgan fingerprint density at radius 1 is 0.464 bits per heavy atom. The zero-order chi connectivity index (χ0) is 61.0. The molecule has 6 N–H and O–H groups in total. The minimum absolute atomic E-state index is 0.120. The second-order valence-corrected chi connectivity index (χ2v) is 24.3. The smallest absolute Gasteiger partial charge is 0.306 e. The van der Waals surface area contributed by atoms with Gasteiger partial charge in [0.2, 0.25) is 5.91 Å². The molecule has 1 rings (SSSR count). The standard InChI is InChI=1S/C73H131NO10/c1-4-7-10-13-16-19-22-25-27-29-31-32-33-34-35-36-37-39-41-43-46-49-52-55-58-61-68(78)84-71-70(80)69(79)67(62-75)83-73(71)82-63-64(65(76)59-56-53-50-47-44-24-21-18-15-12-9-6-3)74-72(81)66(77)60-57-54-51-48-45-42-40-38-30-28-26-23-20-17-14-11-8-5-2/h16-17,19-20,25-28,31-32,56,59,64-67,69-71,73,75-77,79-80H,4-15,18,21-24,29-30,33-55,57-58,60-63H2,1-3H3,(H,74,81)/b19-16-,20-17-,27-25-,28-26-,32-31-,59-56+. The van der Waals surface area contributed by atoms with Crippen molar-refractivity contribution in [2.75, 3.05) is 13.2 Å². The Labute approximate surface area is 515 Å². The predicted molar refractivity (Wildman–Crippen MR) is 352 cm³/mol. The van der Waals surface area contributed by atoms with E-state index in [1.807, 2.05) is 6.08 Å². The Morgan fingerprint density at radius 2 is 0.821 bits per heavy atom. The normalized spacial score (nSPS) is 18.9. The van der Waals surface area contributed by atoms with Crippen LogP contribution in [0.2, 0.25) is 0 Å². The van der Waals surface area contributed by atoms with Crippen LogP contribution in [0, 0.1) is 0 Å². The third kappa shape index (κ3) is 47.2. The molecule has 0 spiro atoms. The van der Waals surface area contributed by atoms with Crippen LogP contribution >= 0.6 is 0 Å². The number of unbranched alkanes of at least 4 members (excludes halogenated alkanes) is 36. The molecule has 1 fully saturated rings. The first-order chi connectivity index (χ1) is 41.2. The second kappa shape index (κ2) is 60.4. The number of hydrogen-bond acceptors (Lipinski definition) is 10. The number of amides is 1. The van der Waals surface area contributed by atoms with Gasteiger partial charge in [0.25, 0.3) is 0 Å². The highest BCUT2D eigenvalue weighted by Gasteiger charge is 2.47. The van der Waals surface area contributed by atoms with E-state index in [0.717, 1.165) is 83.5 Å². The average Bonchev–Trinajstić information content (AvgIpc) is 3.69. The molecule has 0 aromatic carbocycles. The van der Waals surface area contributed by atoms with E-state index in [1.54, 1.807) is 6.08 Å². The molecule has 1 aliphatic rings. The van der Waals surface area contributed by atoms with E-state index >= 15 is 0 Å². The van der Waals surface area contributed by atoms with Crippen molar-refractivity contribution in [2.45, 2.75) is 365 Å². The summed E-state index contributed by atoms with van der Waals surface area (Å²) in [5.74, 6) is -1.19. The van der Waals surface area contributed by atoms with Crippen LogP contribution in [0.1, 0.15) is 316 Å². The van der Waals surface area contributed by atoms with Crippen LogP contribution in [0.25, 0.3) is 0 Å². The van der Waals surface area contributed by atoms with E-state index in [2.05, 4.69) is 86.8 Å². The highest BCUT2D eigenvalue weighted by Crippen LogP contribution is 2.26. The zero-order valence-electron chi connectivity index (χ0n) is 54.3. The molecule has 488 valence electrons. The first kappa shape index (κ1) is 79.1. The van der Waals surface area contributed by atoms with Crippen LogP contribution in [0.4, 0.5) is 0 Å². The summed E-state index contributed by atoms with van der Waals surface area (Å²) in [4.78, 5) is 26.7. The van der Waals surface area contributed by atoms with E-state index in [4.69, 9.17) is 14.2 Å². The van der Waals surface area contributed by atoms with E-state index < -0.39 is 67.4 Å². The Balaban J connectivity index is 2.57. The highest BCUT2D eigenvalue weighted by molar-refractivity contribution is 5.80. The van der Waals surface area contributed by atoms with Crippen molar-refractivity contribution >= 4 is 11.9 Å². The molecule has 0 aromatic heterocycles. The van der Waals surface area contributed by atoms with Crippen LogP contribution in [-0.4, -0.2) is 99.6 Å². The van der Waals surface area contributed by atoms with Crippen LogP contribution in [0.5, 0.6) is 0 Å². The van der Waals surface area contributed by atoms with Gasteiger partial charge in [0.05, 0.1) is 25.4 Å². The van der Waals surface area contributed by atoms with Gasteiger partial charge in [-0.15, -0.1) is 0 Å². The third-order valence-corrected chi connectivity index (χ3v) is 16.3. The maximum absolute atomic E-state index is 13.5. The lowest BCUT2D eigenvalue weighted by Gasteiger charge is -2.41. The van der Waals surface area contributed by atoms with Crippen molar-refractivity contribution in [1.82, 2.24) is 5.32 Å². The summed E-state index contributed by atoms with van der Waals surface area (Å²) in [7, 11) is 0. The van der Waals surface area contributed by atoms with Gasteiger partial charge < -0.3 is 45.1 Å². The summed E-state index contributed by atoms with van der Waals surface area (Å²) in [5.41, 5.74) is 0. The van der Waals surface area contributed by atoms with Crippen molar-refractivity contribution in [3.05, 3.63) is 72.9 Å². The maximum atomic E-state index is 13.5. The second-order valence-electron chi connectivity index (χ2n) is 24.3. The lowest BCUT2D eigenvalue weighted by molar-refractivity contribution is -0.305. The molecular weight excluding hydrogens is 1050 g/mol. The Bertz CT molecular complexity index is 1640. The molecule has 8 unspecified atom stereocenters. The van der Waals surface area contributed by atoms with Gasteiger partial charge in [0.1, 0.15) is 24.4 Å². The number of ether oxygens (including phenoxy) is 3. The molecule has 1 saturated heterocycles. The minimum atomic E-state index is -1.62. The highest BCUT2D eigenvalue weighted by atomic mass is 16.7. The summed E-state index contributed by atoms with van der Waals surface area (Å²) >= 11 is 0. The van der Waals surface area contributed by atoms with Gasteiger partial charge >= 0.3 is 5.97 Å². The summed E-state index contributed by atoms with van der Waals surface area (Å²) in [6, 6.07) is -1.03. The molecule has 0 radical (unpaired) electrons. The van der Waals surface area contributed by atoms with Crippen LogP contribution < -0.4 is 5.32 Å². The maximum Gasteiger partial charge on any atom is 0.306 e. The van der Waals surface area contributed by atoms with Gasteiger partial charge in [-0.05, 0) is 96.3 Å². The van der Waals surface area contributed by atoms with Crippen molar-refractivity contribution < 1.29 is 49.3 Å². The fraction of sp³-hybridized carbons (Fsp3) is 0.808. The number of allylic oxidation sites excluding steroid dienone is 11. The fourth-order valence-electron chi connectivity index (χ4n) is 10.7. The number of carbonyl (C=O) groups is 2. The summed E-state index contributed by atoms with van der Waals surface area (Å²) < 4.78 is 17.7. The lowest BCUT2D eigenvalue weighted by Crippen LogP contribution is -2.61. The SMILES string of the molecule is CCCCC/C=C\C/C=C\C/C=C\CCCCCCCCCCCCCCC(=O)OC1C(OCC(NC(=O)C(O)CCCCCCCCCC/C=C\C/C=C\CCCCC)C(O)/C=C/CCCCCCCCCCCC)OC(CO)C(O)C1O. The van der Waals surface area contributed by atoms with Gasteiger partial charge in [-0.3, -0.25) is 9.59 Å². The Kier molecular flexibility index (Phi) is 56.9. The molecule has 0 saturated carbocycles. The summed E-state index contributed by atoms with van der Waals surface area (Å²) in [5, 5.41) is 57.2. The number of carbonyl (C=O) groups excluding carboxylic acids is 2. The van der Waals surface area contributed by atoms with Gasteiger partial charge in [-0.1, -0.05) is 286 Å². The first-order valence-electron chi connectivity index (χ1n) is 35.2. The lowest BCUT2D eigenvalue weighted by atomic mass is 9.99. The molecule has 11 heteroatoms. The van der Waals surface area contributed by atoms with Crippen LogP contribution in [-0.2, 0) is 23.8 Å². The number of rotatable bonds is 60. The molecule has 8 atom stereocenters. The molecule has 0 bridgehead atoms. The summed E-state index contributed by atoms with van der Waals surface area (Å²) in [6.07, 6.45) is 67.9. The minimum Gasteiger partial charge on any atom is -0.454 e. The van der Waals surface area contributed by atoms with Gasteiger partial charge in [-0.2, -0.15) is 0 Å². The number of hydrogen-bond donors (Lipinski definition) is 6. The Morgan fingerprint density at radius 3 is 1.25 bits per heavy atom. The largest absolute Gasteiger partial charge is 0.454 e. The van der Waals surface area contributed by atoms with Crippen molar-refractivity contribution in [3.8, 4) is 0 Å². The third-order valence-electron chi connectivity index (χ3n) is 16.3. The van der Waals surface area contributed by atoms with Crippen molar-refractivity contribution in [1.29, 1.82) is 0 Å². The predicted octanol–water partition coefficient (Wildman–Crippen LogP) is 17.9. The molecular formula is C73H131NO10. The fourth-order valence-corrected chi connectivity index (χ4v) is 10.7. The molecule has 0 aromatic rings. The van der Waals surface area contributed by atoms with Crippen molar-refractivity contribution in [3.63, 3.8) is 0 Å². The monoisotopic (exact) mass is 1180 g/mol.